The van der Waals surface area contributed by atoms with Crippen LogP contribution in [0, 0.1) is 6.92 Å². The van der Waals surface area contributed by atoms with E-state index < -0.39 is 0 Å². The molecule has 0 aliphatic carbocycles. The van der Waals surface area contributed by atoms with Gasteiger partial charge in [0, 0.05) is 27.6 Å². The van der Waals surface area contributed by atoms with Gasteiger partial charge in [0.1, 0.15) is 11.6 Å². The molecule has 142 valence electrons. The smallest absolute Gasteiger partial charge is 0.247 e. The number of alkyl halides is 1. The van der Waals surface area contributed by atoms with Gasteiger partial charge in [-0.2, -0.15) is 4.98 Å². The Morgan fingerprint density at radius 3 is 2.54 bits per heavy atom. The Balaban J connectivity index is 1.83. The highest BCUT2D eigenvalue weighted by Crippen LogP contribution is 2.28. The second-order valence-electron chi connectivity index (χ2n) is 6.36. The van der Waals surface area contributed by atoms with Gasteiger partial charge in [-0.05, 0) is 37.6 Å². The van der Waals surface area contributed by atoms with E-state index in [1.807, 2.05) is 25.1 Å². The summed E-state index contributed by atoms with van der Waals surface area (Å²) >= 11 is 2.36. The first-order valence-electron chi connectivity index (χ1n) is 9.03. The van der Waals surface area contributed by atoms with Crippen LogP contribution in [0.4, 0.5) is 17.5 Å². The Kier molecular flexibility index (Phi) is 5.38. The van der Waals surface area contributed by atoms with Gasteiger partial charge < -0.3 is 10.6 Å². The first-order chi connectivity index (χ1) is 13.7. The summed E-state index contributed by atoms with van der Waals surface area (Å²) in [5.74, 6) is 2.57. The number of aromatic nitrogens is 5. The van der Waals surface area contributed by atoms with Crippen LogP contribution in [0.5, 0.6) is 0 Å². The molecule has 0 radical (unpaired) electrons. The maximum absolute atomic E-state index is 4.81. The molecule has 0 bridgehead atoms. The molecular weight excluding hydrogens is 465 g/mol. The summed E-state index contributed by atoms with van der Waals surface area (Å²) < 4.78 is 0.972. The molecule has 0 unspecified atom stereocenters. The van der Waals surface area contributed by atoms with Crippen molar-refractivity contribution in [2.45, 2.75) is 18.3 Å². The largest absolute Gasteiger partial charge is 0.385 e. The van der Waals surface area contributed by atoms with E-state index in [0.717, 1.165) is 39.0 Å². The van der Waals surface area contributed by atoms with Crippen LogP contribution in [0.25, 0.3) is 22.3 Å². The first-order valence-corrected chi connectivity index (χ1v) is 10.6. The molecule has 3 N–H and O–H groups in total. The number of aromatic amines is 1. The number of hydrogen-bond donors (Lipinski definition) is 3. The van der Waals surface area contributed by atoms with E-state index in [1.54, 1.807) is 0 Å². The Bertz CT molecular complexity index is 1110. The lowest BCUT2D eigenvalue weighted by atomic mass is 10.1. The summed E-state index contributed by atoms with van der Waals surface area (Å²) in [5.41, 5.74) is 4.13. The third-order valence-corrected chi connectivity index (χ3v) is 5.15. The van der Waals surface area contributed by atoms with Crippen molar-refractivity contribution in [3.05, 3.63) is 53.9 Å². The lowest BCUT2D eigenvalue weighted by Crippen LogP contribution is -2.02. The summed E-state index contributed by atoms with van der Waals surface area (Å²) in [6.07, 6.45) is 0. The normalized spacial score (nSPS) is 11.0. The molecule has 0 aliphatic rings. The molecule has 8 heteroatoms. The number of aryl methyl sites for hydroxylation is 1. The number of hydrogen-bond acceptors (Lipinski definition) is 6. The molecular formula is C20H20IN7. The van der Waals surface area contributed by atoms with E-state index in [4.69, 9.17) is 9.97 Å². The van der Waals surface area contributed by atoms with Crippen LogP contribution in [0.15, 0.2) is 42.5 Å². The highest BCUT2D eigenvalue weighted by Gasteiger charge is 2.12. The molecule has 0 saturated carbocycles. The van der Waals surface area contributed by atoms with Gasteiger partial charge in [-0.3, -0.25) is 5.10 Å². The minimum absolute atomic E-state index is 0.486. The van der Waals surface area contributed by atoms with Gasteiger partial charge >= 0.3 is 0 Å². The Morgan fingerprint density at radius 2 is 1.86 bits per heavy atom. The lowest BCUT2D eigenvalue weighted by molar-refractivity contribution is 1.04. The summed E-state index contributed by atoms with van der Waals surface area (Å²) in [7, 11) is 0. The van der Waals surface area contributed by atoms with Gasteiger partial charge in [0.2, 0.25) is 5.95 Å². The molecule has 0 fully saturated rings. The minimum atomic E-state index is 0.486. The third kappa shape index (κ3) is 3.91. The summed E-state index contributed by atoms with van der Waals surface area (Å²) in [5, 5.41) is 14.5. The molecule has 2 aromatic carbocycles. The summed E-state index contributed by atoms with van der Waals surface area (Å²) in [4.78, 5) is 13.9. The van der Waals surface area contributed by atoms with Crippen LogP contribution in [-0.2, 0) is 4.43 Å². The van der Waals surface area contributed by atoms with E-state index >= 15 is 0 Å². The summed E-state index contributed by atoms with van der Waals surface area (Å²) in [6, 6.07) is 14.4. The van der Waals surface area contributed by atoms with Gasteiger partial charge in [0.15, 0.2) is 5.82 Å². The number of rotatable bonds is 6. The Morgan fingerprint density at radius 1 is 1.04 bits per heavy atom. The van der Waals surface area contributed by atoms with E-state index in [1.165, 1.54) is 5.56 Å². The van der Waals surface area contributed by atoms with E-state index in [0.29, 0.717) is 17.6 Å². The average Bonchev–Trinajstić information content (AvgIpc) is 3.12. The fourth-order valence-electron chi connectivity index (χ4n) is 2.92. The quantitative estimate of drug-likeness (QED) is 0.268. The van der Waals surface area contributed by atoms with Crippen molar-refractivity contribution >= 4 is 50.9 Å². The number of halogens is 1. The molecule has 2 aromatic heterocycles. The van der Waals surface area contributed by atoms with Gasteiger partial charge in [-0.25, -0.2) is 9.97 Å². The third-order valence-electron chi connectivity index (χ3n) is 4.27. The van der Waals surface area contributed by atoms with Crippen LogP contribution in [-0.4, -0.2) is 31.7 Å². The number of benzene rings is 2. The van der Waals surface area contributed by atoms with E-state index in [9.17, 15) is 0 Å². The average molecular weight is 485 g/mol. The fourth-order valence-corrected chi connectivity index (χ4v) is 3.42. The van der Waals surface area contributed by atoms with Crippen LogP contribution >= 0.6 is 22.6 Å². The highest BCUT2D eigenvalue weighted by atomic mass is 127. The lowest BCUT2D eigenvalue weighted by Gasteiger charge is -2.11. The van der Waals surface area contributed by atoms with Crippen molar-refractivity contribution < 1.29 is 0 Å². The molecule has 0 amide bonds. The maximum Gasteiger partial charge on any atom is 0.247 e. The van der Waals surface area contributed by atoms with Crippen molar-refractivity contribution in [2.24, 2.45) is 0 Å². The topological polar surface area (TPSA) is 91.4 Å². The molecule has 28 heavy (non-hydrogen) atoms. The number of nitrogens with zero attached hydrogens (tertiary/aromatic N) is 4. The van der Waals surface area contributed by atoms with E-state index in [-0.39, 0.29) is 0 Å². The molecule has 0 aliphatic heterocycles. The second-order valence-corrected chi connectivity index (χ2v) is 7.12. The molecule has 0 saturated heterocycles. The van der Waals surface area contributed by atoms with Crippen LogP contribution < -0.4 is 10.6 Å². The van der Waals surface area contributed by atoms with Gasteiger partial charge in [0.05, 0.1) is 5.52 Å². The zero-order chi connectivity index (χ0) is 19.5. The number of H-pyrrole nitrogens is 1. The number of nitrogens with one attached hydrogen (secondary N) is 3. The van der Waals surface area contributed by atoms with Crippen molar-refractivity contribution in [1.29, 1.82) is 0 Å². The van der Waals surface area contributed by atoms with Crippen molar-refractivity contribution in [2.75, 3.05) is 17.2 Å². The molecule has 7 nitrogen and oxygen atoms in total. The molecule has 0 spiro atoms. The SMILES string of the molecule is CCNc1ccc2c(Nc3n[nH]c(C)n3)nc(-c3ccc(CI)cc3)nc2c1. The van der Waals surface area contributed by atoms with Gasteiger partial charge in [-0.1, -0.05) is 46.9 Å². The Labute approximate surface area is 176 Å². The first kappa shape index (κ1) is 18.6. The summed E-state index contributed by atoms with van der Waals surface area (Å²) in [6.45, 7) is 4.78. The van der Waals surface area contributed by atoms with Crippen LogP contribution in [0.1, 0.15) is 18.3 Å². The molecule has 4 aromatic rings. The maximum atomic E-state index is 4.81. The van der Waals surface area contributed by atoms with Crippen molar-refractivity contribution in [3.63, 3.8) is 0 Å². The molecule has 0 atom stereocenters. The highest BCUT2D eigenvalue weighted by molar-refractivity contribution is 14.1. The van der Waals surface area contributed by atoms with E-state index in [2.05, 4.69) is 79.6 Å². The number of fused-ring (bicyclic) bond motifs is 1. The fraction of sp³-hybridized carbons (Fsp3) is 0.200. The van der Waals surface area contributed by atoms with Crippen molar-refractivity contribution in [1.82, 2.24) is 25.1 Å². The minimum Gasteiger partial charge on any atom is -0.385 e. The second kappa shape index (κ2) is 8.09. The predicted molar refractivity (Wildman–Crippen MR) is 121 cm³/mol. The number of anilines is 3. The van der Waals surface area contributed by atoms with Crippen molar-refractivity contribution in [3.8, 4) is 11.4 Å². The predicted octanol–water partition coefficient (Wildman–Crippen LogP) is 4.83. The van der Waals surface area contributed by atoms with Crippen LogP contribution in [0.3, 0.4) is 0 Å². The molecule has 4 rings (SSSR count). The standard InChI is InChI=1S/C20H20IN7/c1-3-22-15-8-9-16-17(10-15)24-18(14-6-4-13(11-21)5-7-14)25-19(16)26-20-23-12(2)27-28-20/h4-10,22H,3,11H2,1-2H3,(H2,23,24,25,26,27,28). The molecule has 2 heterocycles. The monoisotopic (exact) mass is 485 g/mol. The van der Waals surface area contributed by atoms with Crippen LogP contribution in [0.2, 0.25) is 0 Å². The Hall–Kier alpha value is -2.75. The zero-order valence-corrected chi connectivity index (χ0v) is 17.8. The van der Waals surface area contributed by atoms with Gasteiger partial charge in [0.25, 0.3) is 0 Å². The van der Waals surface area contributed by atoms with Gasteiger partial charge in [-0.15, -0.1) is 5.10 Å². The zero-order valence-electron chi connectivity index (χ0n) is 15.6.